The Balaban J connectivity index is 1.28. The topological polar surface area (TPSA) is 119 Å². The molecule has 0 radical (unpaired) electrons. The highest BCUT2D eigenvalue weighted by Gasteiger charge is 2.24. The molecule has 0 aliphatic carbocycles. The third-order valence-corrected chi connectivity index (χ3v) is 7.07. The molecule has 1 fully saturated rings. The minimum absolute atomic E-state index is 0.0866. The molecule has 2 N–H and O–H groups in total. The Morgan fingerprint density at radius 3 is 2.61 bits per heavy atom. The predicted octanol–water partition coefficient (Wildman–Crippen LogP) is 2.80. The number of amides is 2. The lowest BCUT2D eigenvalue weighted by Gasteiger charge is -2.34. The molecule has 36 heavy (non-hydrogen) atoms. The summed E-state index contributed by atoms with van der Waals surface area (Å²) >= 11 is 1.47. The van der Waals surface area contributed by atoms with Gasteiger partial charge in [-0.1, -0.05) is 0 Å². The fourth-order valence-electron chi connectivity index (χ4n) is 4.36. The number of rotatable bonds is 6. The zero-order chi connectivity index (χ0) is 25.4. The van der Waals surface area contributed by atoms with Gasteiger partial charge in [0.15, 0.2) is 0 Å². The van der Waals surface area contributed by atoms with Crippen molar-refractivity contribution in [1.82, 2.24) is 29.3 Å². The van der Waals surface area contributed by atoms with Gasteiger partial charge in [-0.05, 0) is 26.8 Å². The zero-order valence-electron chi connectivity index (χ0n) is 20.6. The number of aromatic nitrogens is 5. The van der Waals surface area contributed by atoms with Crippen LogP contribution in [0.4, 0.5) is 11.4 Å². The second-order valence-electron chi connectivity index (χ2n) is 9.12. The van der Waals surface area contributed by atoms with Gasteiger partial charge in [0.25, 0.3) is 5.91 Å². The van der Waals surface area contributed by atoms with Gasteiger partial charge in [-0.2, -0.15) is 10.2 Å². The van der Waals surface area contributed by atoms with E-state index in [4.69, 9.17) is 4.74 Å². The molecule has 188 valence electrons. The molecule has 0 unspecified atom stereocenters. The van der Waals surface area contributed by atoms with Gasteiger partial charge in [-0.25, -0.2) is 4.52 Å². The lowest BCUT2D eigenvalue weighted by molar-refractivity contribution is -0.121. The first-order valence-corrected chi connectivity index (χ1v) is 12.5. The van der Waals surface area contributed by atoms with Crippen LogP contribution in [-0.2, 0) is 16.6 Å². The van der Waals surface area contributed by atoms with Gasteiger partial charge in [0.1, 0.15) is 4.83 Å². The SMILES string of the molecule is Cc1ncc(NC(=O)CN2C[C@@H](C)O[C@@H](C)C2)cc1NC(=O)c1cnn2cc(-c3cnn(C)c3)sc12. The first kappa shape index (κ1) is 24.1. The van der Waals surface area contributed by atoms with Gasteiger partial charge < -0.3 is 15.4 Å². The van der Waals surface area contributed by atoms with E-state index < -0.39 is 0 Å². The molecule has 0 bridgehead atoms. The van der Waals surface area contributed by atoms with Crippen molar-refractivity contribution in [2.45, 2.75) is 33.0 Å². The maximum absolute atomic E-state index is 13.1. The molecule has 5 heterocycles. The Bertz CT molecular complexity index is 1410. The molecule has 11 nitrogen and oxygen atoms in total. The van der Waals surface area contributed by atoms with Crippen molar-refractivity contribution in [3.8, 4) is 10.4 Å². The molecule has 1 saturated heterocycles. The van der Waals surface area contributed by atoms with Gasteiger partial charge in [0, 0.05) is 38.1 Å². The summed E-state index contributed by atoms with van der Waals surface area (Å²) in [5.74, 6) is -0.437. The number of thiazole rings is 1. The largest absolute Gasteiger partial charge is 0.373 e. The summed E-state index contributed by atoms with van der Waals surface area (Å²) in [4.78, 5) is 33.9. The van der Waals surface area contributed by atoms with E-state index in [0.717, 1.165) is 15.3 Å². The van der Waals surface area contributed by atoms with Crippen LogP contribution in [0, 0.1) is 6.92 Å². The summed E-state index contributed by atoms with van der Waals surface area (Å²) in [7, 11) is 1.86. The molecule has 4 aromatic heterocycles. The molecule has 2 atom stereocenters. The van der Waals surface area contributed by atoms with E-state index in [1.54, 1.807) is 40.8 Å². The number of nitrogens with zero attached hydrogens (tertiary/aromatic N) is 6. The van der Waals surface area contributed by atoms with Crippen LogP contribution < -0.4 is 10.6 Å². The molecular formula is C24H28N8O3S. The van der Waals surface area contributed by atoms with Gasteiger partial charge in [-0.15, -0.1) is 11.3 Å². The number of anilines is 2. The van der Waals surface area contributed by atoms with Crippen molar-refractivity contribution in [2.24, 2.45) is 7.05 Å². The third-order valence-electron chi connectivity index (χ3n) is 5.91. The van der Waals surface area contributed by atoms with Gasteiger partial charge in [0.2, 0.25) is 5.91 Å². The minimum Gasteiger partial charge on any atom is -0.373 e. The number of pyridine rings is 1. The smallest absolute Gasteiger partial charge is 0.260 e. The van der Waals surface area contributed by atoms with E-state index in [-0.39, 0.29) is 30.6 Å². The first-order valence-electron chi connectivity index (χ1n) is 11.7. The molecule has 12 heteroatoms. The van der Waals surface area contributed by atoms with Crippen LogP contribution in [0.2, 0.25) is 0 Å². The second kappa shape index (κ2) is 9.80. The molecule has 2 amide bonds. The number of carbonyl (C=O) groups excluding carboxylic acids is 2. The van der Waals surface area contributed by atoms with E-state index >= 15 is 0 Å². The van der Waals surface area contributed by atoms with Crippen LogP contribution >= 0.6 is 11.3 Å². The molecule has 0 saturated carbocycles. The van der Waals surface area contributed by atoms with E-state index in [9.17, 15) is 9.59 Å². The van der Waals surface area contributed by atoms with Crippen molar-refractivity contribution >= 4 is 39.4 Å². The Hall–Kier alpha value is -3.61. The maximum Gasteiger partial charge on any atom is 0.260 e. The molecule has 0 aromatic carbocycles. The average molecular weight is 509 g/mol. The minimum atomic E-state index is -0.297. The number of ether oxygens (including phenoxy) is 1. The summed E-state index contributed by atoms with van der Waals surface area (Å²) in [5.41, 5.74) is 3.10. The summed E-state index contributed by atoms with van der Waals surface area (Å²) < 4.78 is 9.15. The van der Waals surface area contributed by atoms with Crippen LogP contribution in [0.3, 0.4) is 0 Å². The lowest BCUT2D eigenvalue weighted by atomic mass is 10.2. The number of fused-ring (bicyclic) bond motifs is 1. The summed E-state index contributed by atoms with van der Waals surface area (Å²) in [6.45, 7) is 7.48. The average Bonchev–Trinajstić information content (AvgIpc) is 3.50. The standard InChI is InChI=1S/C24H28N8O3S/c1-14-9-31(10-15(2)35-14)13-22(33)28-18-5-20(16(3)25-7-18)29-23(34)19-8-27-32-12-21(36-24(19)32)17-6-26-30(4)11-17/h5-8,11-12,14-15H,9-10,13H2,1-4H3,(H,28,33)(H,29,34)/t14-,15+. The summed E-state index contributed by atoms with van der Waals surface area (Å²) in [6.07, 6.45) is 8.89. The molecule has 1 aliphatic rings. The Labute approximate surface area is 212 Å². The highest BCUT2D eigenvalue weighted by molar-refractivity contribution is 7.21. The second-order valence-corrected chi connectivity index (χ2v) is 10.1. The normalized spacial score (nSPS) is 18.4. The third kappa shape index (κ3) is 5.15. The fraction of sp³-hybridized carbons (Fsp3) is 0.375. The molecule has 4 aromatic rings. The number of carbonyl (C=O) groups is 2. The Morgan fingerprint density at radius 1 is 1.11 bits per heavy atom. The fourth-order valence-corrected chi connectivity index (χ4v) is 5.39. The number of hydrogen-bond acceptors (Lipinski definition) is 8. The van der Waals surface area contributed by atoms with E-state index in [2.05, 4.69) is 30.7 Å². The number of nitrogens with one attached hydrogen (secondary N) is 2. The van der Waals surface area contributed by atoms with Gasteiger partial charge >= 0.3 is 0 Å². The van der Waals surface area contributed by atoms with E-state index in [1.807, 2.05) is 33.3 Å². The van der Waals surface area contributed by atoms with Crippen molar-refractivity contribution in [2.75, 3.05) is 30.3 Å². The number of hydrogen-bond donors (Lipinski definition) is 2. The van der Waals surface area contributed by atoms with Crippen molar-refractivity contribution in [3.63, 3.8) is 0 Å². The number of morpholine rings is 1. The molecule has 0 spiro atoms. The van der Waals surface area contributed by atoms with Crippen LogP contribution in [0.5, 0.6) is 0 Å². The lowest BCUT2D eigenvalue weighted by Crippen LogP contribution is -2.48. The van der Waals surface area contributed by atoms with Gasteiger partial charge in [0.05, 0.1) is 64.9 Å². The Kier molecular flexibility index (Phi) is 6.56. The summed E-state index contributed by atoms with van der Waals surface area (Å²) in [6, 6.07) is 1.72. The predicted molar refractivity (Wildman–Crippen MR) is 137 cm³/mol. The van der Waals surface area contributed by atoms with Crippen LogP contribution in [0.25, 0.3) is 15.3 Å². The van der Waals surface area contributed by atoms with Crippen LogP contribution in [0.15, 0.2) is 37.1 Å². The molecule has 5 rings (SSSR count). The quantitative estimate of drug-likeness (QED) is 0.411. The molecule has 1 aliphatic heterocycles. The molecular weight excluding hydrogens is 480 g/mol. The summed E-state index contributed by atoms with van der Waals surface area (Å²) in [5, 5.41) is 14.4. The van der Waals surface area contributed by atoms with Crippen LogP contribution in [0.1, 0.15) is 29.9 Å². The van der Waals surface area contributed by atoms with Crippen molar-refractivity contribution in [3.05, 3.63) is 48.3 Å². The van der Waals surface area contributed by atoms with E-state index in [1.165, 1.54) is 11.3 Å². The monoisotopic (exact) mass is 508 g/mol. The van der Waals surface area contributed by atoms with Gasteiger partial charge in [-0.3, -0.25) is 24.2 Å². The van der Waals surface area contributed by atoms with Crippen molar-refractivity contribution in [1.29, 1.82) is 0 Å². The zero-order valence-corrected chi connectivity index (χ0v) is 21.4. The van der Waals surface area contributed by atoms with Crippen molar-refractivity contribution < 1.29 is 14.3 Å². The maximum atomic E-state index is 13.1. The first-order chi connectivity index (χ1) is 17.2. The van der Waals surface area contributed by atoms with Crippen LogP contribution in [-0.4, -0.2) is 72.9 Å². The highest BCUT2D eigenvalue weighted by atomic mass is 32.1. The Morgan fingerprint density at radius 2 is 1.89 bits per heavy atom. The highest BCUT2D eigenvalue weighted by Crippen LogP contribution is 2.30. The van der Waals surface area contributed by atoms with E-state index in [0.29, 0.717) is 35.7 Å². The number of aryl methyl sites for hydroxylation is 2.